The van der Waals surface area contributed by atoms with E-state index in [-0.39, 0.29) is 0 Å². The van der Waals surface area contributed by atoms with Gasteiger partial charge in [0.25, 0.3) is 0 Å². The molecule has 0 aliphatic heterocycles. The van der Waals surface area contributed by atoms with Crippen molar-refractivity contribution in [3.63, 3.8) is 0 Å². The number of hydrogen-bond donors (Lipinski definition) is 0. The van der Waals surface area contributed by atoms with Crippen molar-refractivity contribution < 1.29 is 0 Å². The van der Waals surface area contributed by atoms with Crippen LogP contribution in [-0.2, 0) is 11.8 Å². The topological polar surface area (TPSA) is 0 Å². The van der Waals surface area contributed by atoms with Gasteiger partial charge in [-0.05, 0) is 18.3 Å². The van der Waals surface area contributed by atoms with Crippen LogP contribution in [0.3, 0.4) is 0 Å². The molecule has 0 aromatic carbocycles. The molecule has 0 nitrogen and oxygen atoms in total. The van der Waals surface area contributed by atoms with Crippen molar-refractivity contribution in [1.82, 2.24) is 0 Å². The molecule has 0 N–H and O–H groups in total. The normalized spacial score (nSPS) is 18.5. The molecule has 0 saturated heterocycles. The van der Waals surface area contributed by atoms with Crippen molar-refractivity contribution in [3.8, 4) is 0 Å². The summed E-state index contributed by atoms with van der Waals surface area (Å²) in [4.78, 5) is 0.616. The fourth-order valence-corrected chi connectivity index (χ4v) is 14.0. The van der Waals surface area contributed by atoms with E-state index >= 15 is 0 Å². The molecule has 2 unspecified atom stereocenters. The van der Waals surface area contributed by atoms with Gasteiger partial charge >= 0.3 is 0 Å². The molecule has 0 saturated carbocycles. The van der Waals surface area contributed by atoms with E-state index in [0.717, 1.165) is 6.16 Å². The molecule has 5 heteroatoms. The van der Waals surface area contributed by atoms with Crippen molar-refractivity contribution in [2.75, 3.05) is 11.9 Å². The first-order valence-corrected chi connectivity index (χ1v) is 12.2. The Morgan fingerprint density at radius 2 is 1.93 bits per heavy atom. The third kappa shape index (κ3) is 9.52. The highest BCUT2D eigenvalue weighted by Gasteiger charge is 2.24. The zero-order valence-corrected chi connectivity index (χ0v) is 15.2. The lowest BCUT2D eigenvalue weighted by atomic mass is 10.3. The van der Waals surface area contributed by atoms with Crippen LogP contribution in [0.25, 0.3) is 0 Å². The third-order valence-corrected chi connectivity index (χ3v) is 14.2. The SMILES string of the molecule is CCP(=S)(SCCC(C)Br)SC(C)(C)C. The minimum atomic E-state index is -1.23. The van der Waals surface area contributed by atoms with E-state index in [1.54, 1.807) is 0 Å². The van der Waals surface area contributed by atoms with Crippen molar-refractivity contribution in [2.45, 2.75) is 50.6 Å². The zero-order valence-electron chi connectivity index (χ0n) is 10.2. The van der Waals surface area contributed by atoms with E-state index in [9.17, 15) is 0 Å². The van der Waals surface area contributed by atoms with Crippen LogP contribution >= 0.6 is 43.1 Å². The smallest absolute Gasteiger partial charge is 0.0574 e. The summed E-state index contributed by atoms with van der Waals surface area (Å²) in [6.07, 6.45) is 2.37. The molecule has 0 aliphatic rings. The van der Waals surface area contributed by atoms with E-state index in [0.29, 0.717) is 9.57 Å². The fraction of sp³-hybridized carbons (Fsp3) is 1.00. The second kappa shape index (κ2) is 7.31. The number of halogens is 1. The lowest BCUT2D eigenvalue weighted by Gasteiger charge is -2.27. The first-order chi connectivity index (χ1) is 6.68. The largest absolute Gasteiger partial charge is 0.114 e. The van der Waals surface area contributed by atoms with Crippen LogP contribution in [0, 0.1) is 0 Å². The highest BCUT2D eigenvalue weighted by molar-refractivity contribution is 9.09. The average Bonchev–Trinajstić information content (AvgIpc) is 2.00. The van der Waals surface area contributed by atoms with Crippen LogP contribution in [0.2, 0.25) is 0 Å². The molecular weight excluding hydrogens is 327 g/mol. The predicted octanol–water partition coefficient (Wildman–Crippen LogP) is 5.75. The van der Waals surface area contributed by atoms with Gasteiger partial charge in [0.1, 0.15) is 0 Å². The maximum Gasteiger partial charge on any atom is 0.0574 e. The van der Waals surface area contributed by atoms with Gasteiger partial charge < -0.3 is 0 Å². The molecule has 15 heavy (non-hydrogen) atoms. The van der Waals surface area contributed by atoms with Crippen LogP contribution in [0.4, 0.5) is 0 Å². The second-order valence-electron chi connectivity index (χ2n) is 4.53. The summed E-state index contributed by atoms with van der Waals surface area (Å²) in [5.41, 5.74) is 0. The quantitative estimate of drug-likeness (QED) is 0.442. The Labute approximate surface area is 117 Å². The van der Waals surface area contributed by atoms with Gasteiger partial charge in [-0.2, -0.15) is 0 Å². The molecule has 0 aromatic heterocycles. The van der Waals surface area contributed by atoms with Gasteiger partial charge in [0.2, 0.25) is 0 Å². The molecule has 0 fully saturated rings. The van der Waals surface area contributed by atoms with Crippen molar-refractivity contribution >= 4 is 54.9 Å². The fourth-order valence-electron chi connectivity index (χ4n) is 0.954. The van der Waals surface area contributed by atoms with E-state index in [2.05, 4.69) is 50.5 Å². The summed E-state index contributed by atoms with van der Waals surface area (Å²) in [7, 11) is 0. The number of hydrogen-bond acceptors (Lipinski definition) is 3. The summed E-state index contributed by atoms with van der Waals surface area (Å²) >= 11 is 13.5. The first-order valence-electron chi connectivity index (χ1n) is 5.27. The Hall–Kier alpha value is 1.83. The summed E-state index contributed by atoms with van der Waals surface area (Å²) in [5, 5.41) is 0. The predicted molar refractivity (Wildman–Crippen MR) is 87.6 cm³/mol. The van der Waals surface area contributed by atoms with Gasteiger partial charge in [-0.15, -0.1) is 22.8 Å². The van der Waals surface area contributed by atoms with E-state index in [4.69, 9.17) is 11.8 Å². The van der Waals surface area contributed by atoms with E-state index < -0.39 is 4.44 Å². The van der Waals surface area contributed by atoms with Crippen LogP contribution in [-0.4, -0.2) is 21.5 Å². The van der Waals surface area contributed by atoms with E-state index in [1.165, 1.54) is 12.2 Å². The maximum atomic E-state index is 5.82. The third-order valence-electron chi connectivity index (χ3n) is 1.60. The Balaban J connectivity index is 4.15. The highest BCUT2D eigenvalue weighted by Crippen LogP contribution is 2.72. The van der Waals surface area contributed by atoms with Gasteiger partial charge in [-0.3, -0.25) is 0 Å². The van der Waals surface area contributed by atoms with Gasteiger partial charge in [-0.1, -0.05) is 62.4 Å². The Kier molecular flexibility index (Phi) is 8.20. The molecule has 0 bridgehead atoms. The van der Waals surface area contributed by atoms with Crippen molar-refractivity contribution in [3.05, 3.63) is 0 Å². The molecule has 0 spiro atoms. The molecule has 0 heterocycles. The number of rotatable bonds is 6. The standard InChI is InChI=1S/C10H22BrPS3/c1-6-12(13,15-10(3,4)5)14-8-7-9(2)11/h9H,6-8H2,1-5H3. The number of alkyl halides is 1. The maximum absolute atomic E-state index is 5.82. The average molecular weight is 349 g/mol. The Morgan fingerprint density at radius 3 is 2.27 bits per heavy atom. The Bertz CT molecular complexity index is 223. The van der Waals surface area contributed by atoms with Gasteiger partial charge in [0.05, 0.1) is 4.44 Å². The van der Waals surface area contributed by atoms with Crippen LogP contribution in [0.1, 0.15) is 41.0 Å². The van der Waals surface area contributed by atoms with Crippen molar-refractivity contribution in [2.24, 2.45) is 0 Å². The molecule has 0 amide bonds. The van der Waals surface area contributed by atoms with Gasteiger partial charge in [0, 0.05) is 9.57 Å². The highest BCUT2D eigenvalue weighted by atomic mass is 79.9. The van der Waals surface area contributed by atoms with Crippen LogP contribution < -0.4 is 0 Å². The minimum absolute atomic E-state index is 0.304. The second-order valence-corrected chi connectivity index (χ2v) is 19.0. The molecule has 0 aromatic rings. The monoisotopic (exact) mass is 348 g/mol. The molecule has 92 valence electrons. The summed E-state index contributed by atoms with van der Waals surface area (Å²) < 4.78 is -0.928. The molecule has 0 rings (SSSR count). The lowest BCUT2D eigenvalue weighted by molar-refractivity contribution is 0.810. The van der Waals surface area contributed by atoms with E-state index in [1.807, 2.05) is 22.8 Å². The van der Waals surface area contributed by atoms with Gasteiger partial charge in [0.15, 0.2) is 0 Å². The van der Waals surface area contributed by atoms with Gasteiger partial charge in [-0.25, -0.2) is 0 Å². The molecule has 0 radical (unpaired) electrons. The molecule has 2 atom stereocenters. The lowest BCUT2D eigenvalue weighted by Crippen LogP contribution is -2.06. The summed E-state index contributed by atoms with van der Waals surface area (Å²) in [6.45, 7) is 11.2. The van der Waals surface area contributed by atoms with Crippen LogP contribution in [0.15, 0.2) is 0 Å². The van der Waals surface area contributed by atoms with Crippen LogP contribution in [0.5, 0.6) is 0 Å². The molecular formula is C10H22BrPS3. The zero-order chi connectivity index (χ0) is 12.1. The van der Waals surface area contributed by atoms with Crippen molar-refractivity contribution in [1.29, 1.82) is 0 Å². The molecule has 0 aliphatic carbocycles. The summed E-state index contributed by atoms with van der Waals surface area (Å²) in [6, 6.07) is 0. The first kappa shape index (κ1) is 16.8. The minimum Gasteiger partial charge on any atom is -0.114 e. The Morgan fingerprint density at radius 1 is 1.40 bits per heavy atom. The summed E-state index contributed by atoms with van der Waals surface area (Å²) in [5.74, 6) is 1.20.